The Balaban J connectivity index is 1.30. The number of aromatic nitrogens is 3. The summed E-state index contributed by atoms with van der Waals surface area (Å²) in [5.41, 5.74) is -0.0368. The summed E-state index contributed by atoms with van der Waals surface area (Å²) in [7, 11) is 0. The van der Waals surface area contributed by atoms with Crippen LogP contribution in [0.2, 0.25) is 0 Å². The van der Waals surface area contributed by atoms with Crippen molar-refractivity contribution < 1.29 is 36.3 Å². The average molecular weight is 594 g/mol. The minimum Gasteiger partial charge on any atom is -0.481 e. The van der Waals surface area contributed by atoms with Gasteiger partial charge in [-0.15, -0.1) is 17.8 Å². The minimum atomic E-state index is -3.06. The van der Waals surface area contributed by atoms with Gasteiger partial charge >= 0.3 is 0 Å². The minimum absolute atomic E-state index is 0.00233. The lowest BCUT2D eigenvalue weighted by molar-refractivity contribution is -0.136. The number of oxime groups is 1. The Hall–Kier alpha value is -3.99. The van der Waals surface area contributed by atoms with Crippen LogP contribution in [0, 0.1) is 18.2 Å². The summed E-state index contributed by atoms with van der Waals surface area (Å²) in [4.78, 5) is 25.0. The molecule has 0 radical (unpaired) electrons. The van der Waals surface area contributed by atoms with E-state index >= 15 is 0 Å². The maximum atomic E-state index is 14.0. The quantitative estimate of drug-likeness (QED) is 0.225. The third-order valence-corrected chi connectivity index (χ3v) is 7.73. The number of carbonyl (C=O) groups excluding carboxylic acids is 1. The molecular formula is C27H24F5N5O3S. The predicted molar refractivity (Wildman–Crippen MR) is 138 cm³/mol. The number of hydrogen-bond donors (Lipinski definition) is 0. The van der Waals surface area contributed by atoms with Crippen LogP contribution in [-0.4, -0.2) is 44.4 Å². The third-order valence-electron chi connectivity index (χ3n) is 6.79. The van der Waals surface area contributed by atoms with Gasteiger partial charge in [0.25, 0.3) is 12.9 Å². The highest BCUT2D eigenvalue weighted by Crippen LogP contribution is 2.38. The van der Waals surface area contributed by atoms with Gasteiger partial charge in [0.2, 0.25) is 5.91 Å². The predicted octanol–water partition coefficient (Wildman–Crippen LogP) is 5.99. The van der Waals surface area contributed by atoms with Crippen LogP contribution in [0.5, 0.6) is 5.75 Å². The highest BCUT2D eigenvalue weighted by Gasteiger charge is 2.33. The number of thiazole rings is 1. The lowest BCUT2D eigenvalue weighted by Gasteiger charge is -2.34. The van der Waals surface area contributed by atoms with Gasteiger partial charge in [-0.2, -0.15) is 5.10 Å². The standard InChI is InChI=1S/C27H24F5N5O3S/c1-2-9-39-22-7-6-15(28)10-16(22)23-12-17(35-40-23)19-14-41-27(33-19)20-5-3-4-8-36(20)24(38)13-37-21(26(31)32)11-18(34-37)25(29)30/h1,6-7,10-11,14,20,23,25-26H,3-5,8-9,12-13H2. The topological polar surface area (TPSA) is 81.8 Å². The van der Waals surface area contributed by atoms with E-state index in [4.69, 9.17) is 16.0 Å². The summed E-state index contributed by atoms with van der Waals surface area (Å²) in [5, 5.41) is 10.1. The number of likely N-dealkylation sites (tertiary alicyclic amines) is 1. The average Bonchev–Trinajstić information content (AvgIpc) is 3.72. The molecule has 3 aromatic rings. The van der Waals surface area contributed by atoms with Crippen molar-refractivity contribution in [1.29, 1.82) is 0 Å². The summed E-state index contributed by atoms with van der Waals surface area (Å²) in [6.45, 7) is -0.235. The number of alkyl halides is 4. The Morgan fingerprint density at radius 1 is 1.22 bits per heavy atom. The van der Waals surface area contributed by atoms with Gasteiger partial charge in [-0.25, -0.2) is 26.9 Å². The van der Waals surface area contributed by atoms with Gasteiger partial charge < -0.3 is 14.5 Å². The molecule has 2 aliphatic rings. The maximum absolute atomic E-state index is 14.0. The molecule has 2 aliphatic heterocycles. The summed E-state index contributed by atoms with van der Waals surface area (Å²) >= 11 is 1.31. The lowest BCUT2D eigenvalue weighted by Crippen LogP contribution is -2.40. The van der Waals surface area contributed by atoms with E-state index in [9.17, 15) is 26.7 Å². The first-order valence-corrected chi connectivity index (χ1v) is 13.6. The molecule has 1 aromatic carbocycles. The number of ether oxygens (including phenoxy) is 1. The molecule has 2 aromatic heterocycles. The molecule has 0 bridgehead atoms. The molecule has 5 rings (SSSR count). The molecule has 1 fully saturated rings. The first-order chi connectivity index (χ1) is 19.7. The monoisotopic (exact) mass is 593 g/mol. The molecule has 0 N–H and O–H groups in total. The van der Waals surface area contributed by atoms with Crippen molar-refractivity contribution in [3.63, 3.8) is 0 Å². The number of piperidine rings is 1. The van der Waals surface area contributed by atoms with Crippen molar-refractivity contribution in [1.82, 2.24) is 19.7 Å². The van der Waals surface area contributed by atoms with Gasteiger partial charge in [0.1, 0.15) is 46.8 Å². The van der Waals surface area contributed by atoms with Gasteiger partial charge in [0.05, 0.1) is 11.7 Å². The fraction of sp³-hybridized carbons (Fsp3) is 0.407. The van der Waals surface area contributed by atoms with E-state index < -0.39 is 54.7 Å². The SMILES string of the molecule is C#CCOc1ccc(F)cc1C1CC(c2csc(C3CCCCN3C(=O)Cn3nc(C(F)F)cc3C(F)F)n2)=NO1. The number of terminal acetylenes is 1. The Morgan fingerprint density at radius 3 is 2.80 bits per heavy atom. The molecule has 0 saturated carbocycles. The van der Waals surface area contributed by atoms with Gasteiger partial charge in [0, 0.05) is 23.9 Å². The summed E-state index contributed by atoms with van der Waals surface area (Å²) in [5.74, 6) is 1.76. The second-order valence-corrected chi connectivity index (χ2v) is 10.3. The number of nitrogens with zero attached hydrogens (tertiary/aromatic N) is 5. The maximum Gasteiger partial charge on any atom is 0.282 e. The van der Waals surface area contributed by atoms with Crippen LogP contribution >= 0.6 is 11.3 Å². The van der Waals surface area contributed by atoms with Crippen LogP contribution in [0.25, 0.3) is 0 Å². The number of hydrogen-bond acceptors (Lipinski definition) is 7. The van der Waals surface area contributed by atoms with Crippen molar-refractivity contribution in [2.24, 2.45) is 5.16 Å². The van der Waals surface area contributed by atoms with E-state index in [-0.39, 0.29) is 13.0 Å². The fourth-order valence-corrected chi connectivity index (χ4v) is 5.83. The molecule has 4 heterocycles. The summed E-state index contributed by atoms with van der Waals surface area (Å²) in [6, 6.07) is 4.22. The van der Waals surface area contributed by atoms with Crippen LogP contribution in [0.3, 0.4) is 0 Å². The number of halogens is 5. The number of rotatable bonds is 9. The van der Waals surface area contributed by atoms with Gasteiger partial charge in [-0.1, -0.05) is 11.1 Å². The second kappa shape index (κ2) is 12.3. The van der Waals surface area contributed by atoms with Crippen molar-refractivity contribution in [2.45, 2.75) is 57.2 Å². The van der Waals surface area contributed by atoms with Gasteiger partial charge in [-0.05, 0) is 43.5 Å². The van der Waals surface area contributed by atoms with Crippen molar-refractivity contribution in [2.75, 3.05) is 13.2 Å². The van der Waals surface area contributed by atoms with Crippen LogP contribution in [0.4, 0.5) is 22.0 Å². The molecule has 216 valence electrons. The molecule has 1 amide bonds. The zero-order valence-electron chi connectivity index (χ0n) is 21.5. The zero-order valence-corrected chi connectivity index (χ0v) is 22.3. The van der Waals surface area contributed by atoms with Crippen molar-refractivity contribution in [3.8, 4) is 18.1 Å². The molecule has 0 spiro atoms. The highest BCUT2D eigenvalue weighted by molar-refractivity contribution is 7.10. The van der Waals surface area contributed by atoms with E-state index in [0.29, 0.717) is 57.9 Å². The normalized spacial score (nSPS) is 18.9. The van der Waals surface area contributed by atoms with Crippen LogP contribution in [0.15, 0.2) is 34.8 Å². The van der Waals surface area contributed by atoms with Gasteiger partial charge in [0.15, 0.2) is 6.10 Å². The van der Waals surface area contributed by atoms with Crippen LogP contribution in [-0.2, 0) is 16.2 Å². The fourth-order valence-electron chi connectivity index (χ4n) is 4.86. The van der Waals surface area contributed by atoms with E-state index in [1.54, 1.807) is 5.38 Å². The number of benzene rings is 1. The van der Waals surface area contributed by atoms with E-state index in [0.717, 1.165) is 6.42 Å². The van der Waals surface area contributed by atoms with Crippen LogP contribution in [0.1, 0.15) is 78.3 Å². The molecule has 2 atom stereocenters. The van der Waals surface area contributed by atoms with E-state index in [2.05, 4.69) is 21.2 Å². The third kappa shape index (κ3) is 6.19. The van der Waals surface area contributed by atoms with Crippen LogP contribution < -0.4 is 4.74 Å². The molecular weight excluding hydrogens is 569 g/mol. The Kier molecular flexibility index (Phi) is 8.53. The van der Waals surface area contributed by atoms with Crippen molar-refractivity contribution in [3.05, 3.63) is 63.1 Å². The molecule has 14 heteroatoms. The summed E-state index contributed by atoms with van der Waals surface area (Å²) < 4.78 is 73.1. The molecule has 2 unspecified atom stereocenters. The molecule has 1 saturated heterocycles. The number of carbonyl (C=O) groups is 1. The first-order valence-electron chi connectivity index (χ1n) is 12.7. The smallest absolute Gasteiger partial charge is 0.282 e. The van der Waals surface area contributed by atoms with Gasteiger partial charge in [-0.3, -0.25) is 9.48 Å². The second-order valence-electron chi connectivity index (χ2n) is 9.43. The Labute approximate surface area is 235 Å². The molecule has 41 heavy (non-hydrogen) atoms. The largest absolute Gasteiger partial charge is 0.481 e. The highest BCUT2D eigenvalue weighted by atomic mass is 32.1. The van der Waals surface area contributed by atoms with Crippen molar-refractivity contribution >= 4 is 23.0 Å². The molecule has 8 nitrogen and oxygen atoms in total. The number of amides is 1. The van der Waals surface area contributed by atoms with E-state index in [1.165, 1.54) is 34.4 Å². The lowest BCUT2D eigenvalue weighted by atomic mass is 10.0. The first kappa shape index (κ1) is 28.5. The summed E-state index contributed by atoms with van der Waals surface area (Å²) in [6.07, 6.45) is 0.939. The molecule has 0 aliphatic carbocycles. The zero-order chi connectivity index (χ0) is 29.1. The Bertz CT molecular complexity index is 1480. The Morgan fingerprint density at radius 2 is 2.05 bits per heavy atom. The van der Waals surface area contributed by atoms with E-state index in [1.807, 2.05) is 0 Å².